The highest BCUT2D eigenvalue weighted by atomic mass is 79.9. The topological polar surface area (TPSA) is 62.3 Å². The van der Waals surface area contributed by atoms with E-state index in [4.69, 9.17) is 15.7 Å². The van der Waals surface area contributed by atoms with Crippen molar-refractivity contribution in [2.45, 2.75) is 6.10 Å². The number of nitriles is 1. The van der Waals surface area contributed by atoms with Gasteiger partial charge in [-0.25, -0.2) is 0 Å². The van der Waals surface area contributed by atoms with Gasteiger partial charge < -0.3 is 15.4 Å². The van der Waals surface area contributed by atoms with E-state index in [1.807, 2.05) is 18.2 Å². The van der Waals surface area contributed by atoms with Crippen LogP contribution in [-0.4, -0.2) is 25.8 Å². The number of nitrogen functional groups attached to an aromatic ring is 1. The molecule has 1 aliphatic heterocycles. The average Bonchev–Trinajstić information content (AvgIpc) is 2.29. The van der Waals surface area contributed by atoms with Gasteiger partial charge in [0.05, 0.1) is 30.6 Å². The first-order valence-corrected chi connectivity index (χ1v) is 5.81. The molecule has 5 heteroatoms. The van der Waals surface area contributed by atoms with Gasteiger partial charge in [-0.05, 0) is 18.2 Å². The lowest BCUT2D eigenvalue weighted by Crippen LogP contribution is -2.42. The van der Waals surface area contributed by atoms with Gasteiger partial charge in [0.15, 0.2) is 6.10 Å². The molecule has 1 aromatic rings. The number of nitrogens with two attached hydrogens (primary N) is 1. The lowest BCUT2D eigenvalue weighted by atomic mass is 10.2. The summed E-state index contributed by atoms with van der Waals surface area (Å²) in [7, 11) is 0. The van der Waals surface area contributed by atoms with Crippen LogP contribution in [0.4, 0.5) is 11.4 Å². The number of ether oxygens (including phenoxy) is 1. The van der Waals surface area contributed by atoms with Gasteiger partial charge in [-0.2, -0.15) is 5.26 Å². The first kappa shape index (κ1) is 11.2. The molecule has 0 radical (unpaired) electrons. The van der Waals surface area contributed by atoms with Crippen LogP contribution in [0.3, 0.4) is 0 Å². The quantitative estimate of drug-likeness (QED) is 0.797. The summed E-state index contributed by atoms with van der Waals surface area (Å²) in [5.41, 5.74) is 7.62. The van der Waals surface area contributed by atoms with Crippen molar-refractivity contribution >= 4 is 27.3 Å². The van der Waals surface area contributed by atoms with Crippen LogP contribution in [-0.2, 0) is 4.74 Å². The Bertz CT molecular complexity index is 430. The highest BCUT2D eigenvalue weighted by Crippen LogP contribution is 2.27. The Labute approximate surface area is 103 Å². The smallest absolute Gasteiger partial charge is 0.161 e. The van der Waals surface area contributed by atoms with Crippen molar-refractivity contribution in [2.75, 3.05) is 30.3 Å². The van der Waals surface area contributed by atoms with Gasteiger partial charge in [0.1, 0.15) is 0 Å². The van der Waals surface area contributed by atoms with Gasteiger partial charge in [0.2, 0.25) is 0 Å². The van der Waals surface area contributed by atoms with Crippen molar-refractivity contribution in [1.82, 2.24) is 0 Å². The SMILES string of the molecule is N#CC1CN(c2ccc(Br)cc2N)CCO1. The third kappa shape index (κ3) is 2.29. The van der Waals surface area contributed by atoms with Gasteiger partial charge in [0.25, 0.3) is 0 Å². The molecule has 0 bridgehead atoms. The maximum atomic E-state index is 8.83. The molecule has 2 rings (SSSR count). The number of rotatable bonds is 1. The van der Waals surface area contributed by atoms with E-state index in [0.717, 1.165) is 16.7 Å². The molecule has 1 saturated heterocycles. The predicted octanol–water partition coefficient (Wildman–Crippen LogP) is 1.76. The molecule has 16 heavy (non-hydrogen) atoms. The number of halogens is 1. The van der Waals surface area contributed by atoms with E-state index < -0.39 is 0 Å². The fourth-order valence-corrected chi connectivity index (χ4v) is 2.14. The molecule has 1 unspecified atom stereocenters. The minimum atomic E-state index is -0.364. The number of hydrogen-bond acceptors (Lipinski definition) is 4. The number of hydrogen-bond donors (Lipinski definition) is 1. The molecule has 0 spiro atoms. The summed E-state index contributed by atoms with van der Waals surface area (Å²) >= 11 is 3.37. The van der Waals surface area contributed by atoms with E-state index >= 15 is 0 Å². The van der Waals surface area contributed by atoms with Crippen LogP contribution in [0.15, 0.2) is 22.7 Å². The zero-order valence-corrected chi connectivity index (χ0v) is 10.3. The number of nitrogens with zero attached hydrogens (tertiary/aromatic N) is 2. The monoisotopic (exact) mass is 281 g/mol. The van der Waals surface area contributed by atoms with Crippen molar-refractivity contribution in [3.8, 4) is 6.07 Å². The van der Waals surface area contributed by atoms with Crippen molar-refractivity contribution in [1.29, 1.82) is 5.26 Å². The Kier molecular flexibility index (Phi) is 3.32. The van der Waals surface area contributed by atoms with Gasteiger partial charge in [-0.15, -0.1) is 0 Å². The highest BCUT2D eigenvalue weighted by molar-refractivity contribution is 9.10. The van der Waals surface area contributed by atoms with Gasteiger partial charge in [0, 0.05) is 11.0 Å². The van der Waals surface area contributed by atoms with E-state index in [-0.39, 0.29) is 6.10 Å². The maximum Gasteiger partial charge on any atom is 0.161 e. The van der Waals surface area contributed by atoms with Crippen LogP contribution >= 0.6 is 15.9 Å². The molecule has 2 N–H and O–H groups in total. The number of benzene rings is 1. The summed E-state index contributed by atoms with van der Waals surface area (Å²) in [6, 6.07) is 7.89. The maximum absolute atomic E-state index is 8.83. The molecule has 1 atom stereocenters. The third-order valence-corrected chi connectivity index (χ3v) is 3.03. The Morgan fingerprint density at radius 1 is 1.56 bits per heavy atom. The Morgan fingerprint density at radius 3 is 3.06 bits per heavy atom. The van der Waals surface area contributed by atoms with E-state index in [0.29, 0.717) is 18.8 Å². The van der Waals surface area contributed by atoms with Crippen LogP contribution < -0.4 is 10.6 Å². The normalized spacial score (nSPS) is 20.5. The van der Waals surface area contributed by atoms with Gasteiger partial charge in [-0.3, -0.25) is 0 Å². The molecule has 0 aliphatic carbocycles. The fourth-order valence-electron chi connectivity index (χ4n) is 1.76. The van der Waals surface area contributed by atoms with E-state index in [2.05, 4.69) is 26.9 Å². The molecular weight excluding hydrogens is 270 g/mol. The summed E-state index contributed by atoms with van der Waals surface area (Å²) in [6.45, 7) is 1.90. The summed E-state index contributed by atoms with van der Waals surface area (Å²) in [4.78, 5) is 2.08. The molecule has 1 fully saturated rings. The standard InChI is InChI=1S/C11H12BrN3O/c12-8-1-2-11(10(14)5-8)15-3-4-16-9(6-13)7-15/h1-2,5,9H,3-4,7,14H2. The number of morpholine rings is 1. The second kappa shape index (κ2) is 4.73. The summed E-state index contributed by atoms with van der Waals surface area (Å²) in [6.07, 6.45) is -0.364. The molecule has 0 amide bonds. The van der Waals surface area contributed by atoms with Gasteiger partial charge in [-0.1, -0.05) is 15.9 Å². The Balaban J connectivity index is 2.20. The second-order valence-corrected chi connectivity index (χ2v) is 4.55. The van der Waals surface area contributed by atoms with Crippen molar-refractivity contribution in [3.05, 3.63) is 22.7 Å². The minimum Gasteiger partial charge on any atom is -0.397 e. The first-order valence-electron chi connectivity index (χ1n) is 5.02. The molecule has 0 aromatic heterocycles. The summed E-state index contributed by atoms with van der Waals surface area (Å²) in [5.74, 6) is 0. The molecule has 4 nitrogen and oxygen atoms in total. The van der Waals surface area contributed by atoms with Crippen molar-refractivity contribution in [2.24, 2.45) is 0 Å². The van der Waals surface area contributed by atoms with E-state index in [1.54, 1.807) is 0 Å². The van der Waals surface area contributed by atoms with Crippen LogP contribution in [0.25, 0.3) is 0 Å². The Morgan fingerprint density at radius 2 is 2.38 bits per heavy atom. The number of anilines is 2. The van der Waals surface area contributed by atoms with E-state index in [1.165, 1.54) is 0 Å². The molecule has 84 valence electrons. The minimum absolute atomic E-state index is 0.364. The first-order chi connectivity index (χ1) is 7.70. The molecule has 1 aliphatic rings. The average molecular weight is 282 g/mol. The van der Waals surface area contributed by atoms with Crippen LogP contribution in [0.1, 0.15) is 0 Å². The van der Waals surface area contributed by atoms with Crippen molar-refractivity contribution in [3.63, 3.8) is 0 Å². The summed E-state index contributed by atoms with van der Waals surface area (Å²) in [5, 5.41) is 8.83. The van der Waals surface area contributed by atoms with Crippen LogP contribution in [0.5, 0.6) is 0 Å². The molecule has 1 aromatic carbocycles. The van der Waals surface area contributed by atoms with E-state index in [9.17, 15) is 0 Å². The zero-order valence-electron chi connectivity index (χ0n) is 8.69. The fraction of sp³-hybridized carbons (Fsp3) is 0.364. The largest absolute Gasteiger partial charge is 0.397 e. The molecular formula is C11H12BrN3O. The van der Waals surface area contributed by atoms with Crippen molar-refractivity contribution < 1.29 is 4.74 Å². The Hall–Kier alpha value is -1.25. The lowest BCUT2D eigenvalue weighted by molar-refractivity contribution is 0.0765. The van der Waals surface area contributed by atoms with Crippen LogP contribution in [0.2, 0.25) is 0 Å². The second-order valence-electron chi connectivity index (χ2n) is 3.64. The van der Waals surface area contributed by atoms with Gasteiger partial charge >= 0.3 is 0 Å². The zero-order chi connectivity index (χ0) is 11.5. The third-order valence-electron chi connectivity index (χ3n) is 2.54. The predicted molar refractivity (Wildman–Crippen MR) is 66.1 cm³/mol. The molecule has 0 saturated carbocycles. The van der Waals surface area contributed by atoms with Crippen LogP contribution in [0, 0.1) is 11.3 Å². The highest BCUT2D eigenvalue weighted by Gasteiger charge is 2.21. The molecule has 1 heterocycles. The summed E-state index contributed by atoms with van der Waals surface area (Å²) < 4.78 is 6.25. The lowest BCUT2D eigenvalue weighted by Gasteiger charge is -2.32.